The largest absolute Gasteiger partial charge is 0.389 e. The zero-order chi connectivity index (χ0) is 26.5. The molecule has 0 aromatic heterocycles. The number of aliphatic hydroxyl groups is 4. The van der Waals surface area contributed by atoms with Crippen LogP contribution < -0.4 is 0 Å². The molecule has 0 aliphatic carbocycles. The van der Waals surface area contributed by atoms with Crippen LogP contribution in [0.2, 0.25) is 0 Å². The van der Waals surface area contributed by atoms with Gasteiger partial charge in [-0.25, -0.2) is 9.59 Å². The Morgan fingerprint density at radius 1 is 0.486 bits per heavy atom. The van der Waals surface area contributed by atoms with Crippen molar-refractivity contribution in [1.29, 1.82) is 0 Å². The second kappa shape index (κ2) is 10.9. The minimum Gasteiger partial charge on any atom is -0.389 e. The molecule has 0 aliphatic rings. The number of rotatable bonds is 8. The van der Waals surface area contributed by atoms with Gasteiger partial charge in [0.1, 0.15) is 0 Å². The number of ether oxygens (including phenoxy) is 1. The minimum atomic E-state index is -2.26. The summed E-state index contributed by atoms with van der Waals surface area (Å²) in [5.41, 5.74) is -3.79. The lowest BCUT2D eigenvalue weighted by atomic mass is 9.81. The van der Waals surface area contributed by atoms with Gasteiger partial charge in [-0.3, -0.25) is 0 Å². The predicted octanol–water partition coefficient (Wildman–Crippen LogP) is 2.65. The third-order valence-corrected chi connectivity index (χ3v) is 6.29. The van der Waals surface area contributed by atoms with Crippen molar-refractivity contribution >= 4 is 11.9 Å². The van der Waals surface area contributed by atoms with Gasteiger partial charge in [-0.15, -0.1) is 0 Å². The molecule has 2 unspecified atom stereocenters. The van der Waals surface area contributed by atoms with E-state index in [1.165, 1.54) is 48.5 Å². The fourth-order valence-electron chi connectivity index (χ4n) is 4.29. The molecule has 4 N–H and O–H groups in total. The highest BCUT2D eigenvalue weighted by Crippen LogP contribution is 2.36. The molecule has 0 amide bonds. The maximum atomic E-state index is 13.0. The second-order valence-electron chi connectivity index (χ2n) is 8.54. The molecule has 4 rings (SSSR count). The van der Waals surface area contributed by atoms with E-state index in [0.29, 0.717) is 0 Å². The lowest BCUT2D eigenvalue weighted by Gasteiger charge is -2.34. The molecule has 0 aliphatic heterocycles. The highest BCUT2D eigenvalue weighted by molar-refractivity contribution is 5.92. The number of hydrogen-bond acceptors (Lipinski definition) is 7. The maximum Gasteiger partial charge on any atom is 0.346 e. The quantitative estimate of drug-likeness (QED) is 0.217. The van der Waals surface area contributed by atoms with Gasteiger partial charge in [-0.05, 0) is 22.3 Å². The summed E-state index contributed by atoms with van der Waals surface area (Å²) >= 11 is 0. The minimum absolute atomic E-state index is 0.184. The summed E-state index contributed by atoms with van der Waals surface area (Å²) in [7, 11) is 0. The predicted molar refractivity (Wildman–Crippen MR) is 135 cm³/mol. The van der Waals surface area contributed by atoms with Crippen molar-refractivity contribution in [2.45, 2.75) is 23.4 Å². The second-order valence-corrected chi connectivity index (χ2v) is 8.54. The van der Waals surface area contributed by atoms with Crippen LogP contribution in [0.4, 0.5) is 0 Å². The molecule has 7 nitrogen and oxygen atoms in total. The van der Waals surface area contributed by atoms with Gasteiger partial charge >= 0.3 is 11.9 Å². The average molecular weight is 499 g/mol. The summed E-state index contributed by atoms with van der Waals surface area (Å²) in [6, 6.07) is 31.9. The van der Waals surface area contributed by atoms with E-state index in [9.17, 15) is 30.0 Å². The van der Waals surface area contributed by atoms with Crippen LogP contribution in [0.15, 0.2) is 121 Å². The van der Waals surface area contributed by atoms with Gasteiger partial charge in [0.2, 0.25) is 0 Å². The van der Waals surface area contributed by atoms with Crippen LogP contribution in [-0.2, 0) is 25.5 Å². The van der Waals surface area contributed by atoms with E-state index in [4.69, 9.17) is 4.74 Å². The van der Waals surface area contributed by atoms with E-state index in [0.717, 1.165) is 0 Å². The zero-order valence-corrected chi connectivity index (χ0v) is 19.7. The summed E-state index contributed by atoms with van der Waals surface area (Å²) in [5, 5.41) is 45.2. The first-order valence-corrected chi connectivity index (χ1v) is 11.6. The SMILES string of the molecule is O=C(OC(=O)C(O)C(O)(c1ccccc1)c1ccccc1)C(O)C(O)(c1ccccc1)c1ccccc1. The highest BCUT2D eigenvalue weighted by Gasteiger charge is 2.49. The number of hydrogen-bond donors (Lipinski definition) is 4. The number of carbonyl (C=O) groups is 2. The van der Waals surface area contributed by atoms with Crippen LogP contribution >= 0.6 is 0 Å². The lowest BCUT2D eigenvalue weighted by molar-refractivity contribution is -0.185. The van der Waals surface area contributed by atoms with Crippen molar-refractivity contribution in [3.63, 3.8) is 0 Å². The topological polar surface area (TPSA) is 124 Å². The molecule has 0 spiro atoms. The molecule has 0 saturated heterocycles. The van der Waals surface area contributed by atoms with Crippen molar-refractivity contribution in [2.24, 2.45) is 0 Å². The molecule has 37 heavy (non-hydrogen) atoms. The summed E-state index contributed by atoms with van der Waals surface area (Å²) in [4.78, 5) is 26.0. The molecule has 7 heteroatoms. The Morgan fingerprint density at radius 3 is 0.919 bits per heavy atom. The van der Waals surface area contributed by atoms with E-state index in [-0.39, 0.29) is 22.3 Å². The maximum absolute atomic E-state index is 13.0. The number of benzene rings is 4. The Hall–Kier alpha value is -4.14. The van der Waals surface area contributed by atoms with E-state index >= 15 is 0 Å². The van der Waals surface area contributed by atoms with Crippen molar-refractivity contribution in [3.05, 3.63) is 144 Å². The summed E-state index contributed by atoms with van der Waals surface area (Å²) < 4.78 is 4.85. The van der Waals surface area contributed by atoms with Crippen LogP contribution in [0.3, 0.4) is 0 Å². The molecule has 0 fully saturated rings. The smallest absolute Gasteiger partial charge is 0.346 e. The molecule has 0 saturated carbocycles. The summed E-state index contributed by atoms with van der Waals surface area (Å²) in [6.07, 6.45) is -4.48. The molecule has 0 heterocycles. The Morgan fingerprint density at radius 2 is 0.703 bits per heavy atom. The van der Waals surface area contributed by atoms with Gasteiger partial charge in [-0.1, -0.05) is 121 Å². The number of carbonyl (C=O) groups excluding carboxylic acids is 2. The van der Waals surface area contributed by atoms with Crippen LogP contribution in [0.1, 0.15) is 22.3 Å². The Labute approximate surface area is 213 Å². The summed E-state index contributed by atoms with van der Waals surface area (Å²) in [5.74, 6) is -2.99. The van der Waals surface area contributed by atoms with Crippen LogP contribution in [0, 0.1) is 0 Å². The third-order valence-electron chi connectivity index (χ3n) is 6.29. The zero-order valence-electron chi connectivity index (χ0n) is 19.7. The molecular formula is C30H26O7. The van der Waals surface area contributed by atoms with Crippen LogP contribution in [0.25, 0.3) is 0 Å². The molecule has 2 atom stereocenters. The molecule has 4 aromatic rings. The number of esters is 2. The van der Waals surface area contributed by atoms with Crippen molar-refractivity contribution < 1.29 is 34.8 Å². The van der Waals surface area contributed by atoms with E-state index in [1.54, 1.807) is 72.8 Å². The molecule has 0 radical (unpaired) electrons. The van der Waals surface area contributed by atoms with Crippen molar-refractivity contribution in [2.75, 3.05) is 0 Å². The van der Waals surface area contributed by atoms with E-state index in [1.807, 2.05) is 0 Å². The number of aliphatic hydroxyl groups excluding tert-OH is 2. The van der Waals surface area contributed by atoms with Crippen LogP contribution in [-0.4, -0.2) is 44.6 Å². The van der Waals surface area contributed by atoms with Crippen molar-refractivity contribution in [1.82, 2.24) is 0 Å². The first-order chi connectivity index (χ1) is 17.8. The molecule has 0 bridgehead atoms. The lowest BCUT2D eigenvalue weighted by Crippen LogP contribution is -2.50. The molecular weight excluding hydrogens is 472 g/mol. The highest BCUT2D eigenvalue weighted by atomic mass is 16.6. The first-order valence-electron chi connectivity index (χ1n) is 11.6. The Bertz CT molecular complexity index is 1140. The van der Waals surface area contributed by atoms with Gasteiger partial charge in [0.05, 0.1) is 0 Å². The first kappa shape index (κ1) is 25.9. The van der Waals surface area contributed by atoms with Gasteiger partial charge in [0, 0.05) is 0 Å². The standard InChI is InChI=1S/C30H26O7/c31-25(29(35,21-13-5-1-6-14-21)22-15-7-2-8-16-22)27(33)37-28(34)26(32)30(36,23-17-9-3-10-18-23)24-19-11-4-12-20-24/h1-20,25-26,31-32,35-36H. The third kappa shape index (κ3) is 4.94. The fraction of sp³-hybridized carbons (Fsp3) is 0.133. The van der Waals surface area contributed by atoms with Crippen LogP contribution in [0.5, 0.6) is 0 Å². The van der Waals surface area contributed by atoms with E-state index in [2.05, 4.69) is 0 Å². The molecule has 4 aromatic carbocycles. The Kier molecular flexibility index (Phi) is 7.61. The van der Waals surface area contributed by atoms with E-state index < -0.39 is 35.3 Å². The van der Waals surface area contributed by atoms with Gasteiger partial charge in [0.15, 0.2) is 23.4 Å². The van der Waals surface area contributed by atoms with Gasteiger partial charge < -0.3 is 25.2 Å². The molecule has 188 valence electrons. The summed E-state index contributed by atoms with van der Waals surface area (Å²) in [6.45, 7) is 0. The van der Waals surface area contributed by atoms with Gasteiger partial charge in [0.25, 0.3) is 0 Å². The average Bonchev–Trinajstić information content (AvgIpc) is 2.97. The van der Waals surface area contributed by atoms with Gasteiger partial charge in [-0.2, -0.15) is 0 Å². The fourth-order valence-corrected chi connectivity index (χ4v) is 4.29. The Balaban J connectivity index is 1.66. The van der Waals surface area contributed by atoms with Crippen molar-refractivity contribution in [3.8, 4) is 0 Å². The monoisotopic (exact) mass is 498 g/mol. The normalized spacial score (nSPS) is 13.4.